The summed E-state index contributed by atoms with van der Waals surface area (Å²) in [6.07, 6.45) is 5.29. The Morgan fingerprint density at radius 2 is 1.92 bits per heavy atom. The zero-order valence-electron chi connectivity index (χ0n) is 6.77. The second kappa shape index (κ2) is 4.83. The molecule has 0 unspecified atom stereocenters. The number of pyridine rings is 1. The van der Waals surface area contributed by atoms with E-state index in [1.54, 1.807) is 0 Å². The smallest absolute Gasteiger partial charge is 0.168 e. The zero-order valence-corrected chi connectivity index (χ0v) is 7.59. The molecule has 1 rings (SSSR count). The van der Waals surface area contributed by atoms with Gasteiger partial charge in [-0.25, -0.2) is 4.57 Å². The summed E-state index contributed by atoms with van der Waals surface area (Å²) in [6.45, 7) is 0.864. The van der Waals surface area contributed by atoms with E-state index in [0.29, 0.717) is 6.42 Å². The van der Waals surface area contributed by atoms with Crippen molar-refractivity contribution in [1.29, 1.82) is 0 Å². The molecule has 0 fully saturated rings. The van der Waals surface area contributed by atoms with Crippen LogP contribution in [0.5, 0.6) is 0 Å². The Labute approximate surface area is 77.5 Å². The molecule has 0 aliphatic heterocycles. The van der Waals surface area contributed by atoms with Crippen molar-refractivity contribution in [3.8, 4) is 0 Å². The van der Waals surface area contributed by atoms with E-state index in [-0.39, 0.29) is 5.05 Å². The molecule has 0 N–H and O–H groups in total. The van der Waals surface area contributed by atoms with E-state index in [1.165, 1.54) is 0 Å². The number of aryl methyl sites for hydroxylation is 1. The van der Waals surface area contributed by atoms with E-state index in [4.69, 9.17) is 0 Å². The third-order valence-corrected chi connectivity index (χ3v) is 1.78. The van der Waals surface area contributed by atoms with Gasteiger partial charge in [-0.3, -0.25) is 0 Å². The van der Waals surface area contributed by atoms with Crippen LogP contribution in [-0.4, -0.2) is 5.05 Å². The number of hydrogen-bond donors (Lipinski definition) is 0. The molecule has 0 bridgehead atoms. The second-order valence-electron chi connectivity index (χ2n) is 2.59. The van der Waals surface area contributed by atoms with Crippen molar-refractivity contribution in [3.63, 3.8) is 0 Å². The average Bonchev–Trinajstić information content (AvgIpc) is 2.05. The number of aromatic nitrogens is 1. The van der Waals surface area contributed by atoms with Crippen molar-refractivity contribution in [1.82, 2.24) is 0 Å². The molecule has 2 nitrogen and oxygen atoms in total. The molecule has 0 spiro atoms. The van der Waals surface area contributed by atoms with E-state index in [2.05, 4.69) is 12.2 Å². The van der Waals surface area contributed by atoms with E-state index in [1.807, 2.05) is 35.2 Å². The fraction of sp³-hybridized carbons (Fsp3) is 0.333. The maximum absolute atomic E-state index is 10.4. The molecule has 0 radical (unpaired) electrons. The second-order valence-corrected chi connectivity index (χ2v) is 3.04. The molecule has 64 valence electrons. The minimum Gasteiger partial charge on any atom is -0.867 e. The predicted molar refractivity (Wildman–Crippen MR) is 48.5 cm³/mol. The van der Waals surface area contributed by atoms with Crippen molar-refractivity contribution < 1.29 is 9.67 Å². The molecule has 0 amide bonds. The molecule has 3 heteroatoms. The van der Waals surface area contributed by atoms with Crippen molar-refractivity contribution in [2.24, 2.45) is 0 Å². The molecule has 0 aliphatic rings. The number of hydrogen-bond acceptors (Lipinski definition) is 2. The first kappa shape index (κ1) is 9.13. The number of thiocarbonyl (C=S) groups is 1. The monoisotopic (exact) mass is 181 g/mol. The summed E-state index contributed by atoms with van der Waals surface area (Å²) in [5, 5.41) is 10.3. The Bertz CT molecular complexity index is 248. The molecule has 0 aliphatic carbocycles. The Balaban J connectivity index is 2.29. The summed E-state index contributed by atoms with van der Waals surface area (Å²) < 4.78 is 2.04. The molecule has 0 saturated carbocycles. The quantitative estimate of drug-likeness (QED) is 0.498. The zero-order chi connectivity index (χ0) is 8.81. The van der Waals surface area contributed by atoms with Crippen LogP contribution in [0.15, 0.2) is 30.6 Å². The lowest BCUT2D eigenvalue weighted by molar-refractivity contribution is -0.697. The molecule has 12 heavy (non-hydrogen) atoms. The highest BCUT2D eigenvalue weighted by Gasteiger charge is 1.95. The molecular weight excluding hydrogens is 170 g/mol. The van der Waals surface area contributed by atoms with Crippen LogP contribution in [0.2, 0.25) is 0 Å². The van der Waals surface area contributed by atoms with Crippen molar-refractivity contribution in [2.45, 2.75) is 19.4 Å². The van der Waals surface area contributed by atoms with Gasteiger partial charge in [0.25, 0.3) is 0 Å². The minimum atomic E-state index is -0.147. The summed E-state index contributed by atoms with van der Waals surface area (Å²) >= 11 is 4.45. The van der Waals surface area contributed by atoms with Crippen molar-refractivity contribution in [3.05, 3.63) is 30.6 Å². The van der Waals surface area contributed by atoms with Crippen LogP contribution in [-0.2, 0) is 6.54 Å². The first-order valence-electron chi connectivity index (χ1n) is 3.93. The molecule has 0 aromatic carbocycles. The predicted octanol–water partition coefficient (Wildman–Crippen LogP) is 0.442. The fourth-order valence-corrected chi connectivity index (χ4v) is 1.13. The van der Waals surface area contributed by atoms with E-state index < -0.39 is 0 Å². The Morgan fingerprint density at radius 1 is 1.25 bits per heavy atom. The average molecular weight is 181 g/mol. The van der Waals surface area contributed by atoms with Crippen molar-refractivity contribution in [2.75, 3.05) is 0 Å². The summed E-state index contributed by atoms with van der Waals surface area (Å²) in [6, 6.07) is 5.90. The van der Waals surface area contributed by atoms with Gasteiger partial charge in [0.1, 0.15) is 6.54 Å². The summed E-state index contributed by atoms with van der Waals surface area (Å²) in [7, 11) is 0. The van der Waals surface area contributed by atoms with Crippen LogP contribution in [0.3, 0.4) is 0 Å². The van der Waals surface area contributed by atoms with Gasteiger partial charge in [-0.15, -0.1) is 12.2 Å². The lowest BCUT2D eigenvalue weighted by Gasteiger charge is -2.03. The van der Waals surface area contributed by atoms with Crippen LogP contribution in [0, 0.1) is 0 Å². The first-order valence-corrected chi connectivity index (χ1v) is 4.34. The van der Waals surface area contributed by atoms with Gasteiger partial charge in [0, 0.05) is 18.6 Å². The largest absolute Gasteiger partial charge is 0.867 e. The highest BCUT2D eigenvalue weighted by molar-refractivity contribution is 7.79. The normalized spacial score (nSPS) is 9.67. The van der Waals surface area contributed by atoms with Crippen LogP contribution in [0.1, 0.15) is 12.8 Å². The standard InChI is InChI=1S/C9H11NOS/c11-9(12)5-4-8-10-6-2-1-3-7-10/h1-3,6-7H,4-5,8H2. The third kappa shape index (κ3) is 3.44. The SMILES string of the molecule is [O-]C(=S)CCC[n+]1ccccc1. The van der Waals surface area contributed by atoms with Gasteiger partial charge in [-0.2, -0.15) is 0 Å². The van der Waals surface area contributed by atoms with Crippen LogP contribution in [0.25, 0.3) is 0 Å². The Morgan fingerprint density at radius 3 is 2.50 bits per heavy atom. The topological polar surface area (TPSA) is 26.9 Å². The third-order valence-electron chi connectivity index (χ3n) is 1.57. The Hall–Kier alpha value is -0.960. The first-order chi connectivity index (χ1) is 5.79. The highest BCUT2D eigenvalue weighted by Crippen LogP contribution is 1.88. The lowest BCUT2D eigenvalue weighted by atomic mass is 10.3. The van der Waals surface area contributed by atoms with Crippen LogP contribution < -0.4 is 9.67 Å². The summed E-state index contributed by atoms with van der Waals surface area (Å²) in [5.41, 5.74) is 0. The Kier molecular flexibility index (Phi) is 3.67. The molecule has 0 saturated heterocycles. The van der Waals surface area contributed by atoms with Gasteiger partial charge >= 0.3 is 0 Å². The molecule has 1 heterocycles. The van der Waals surface area contributed by atoms with Crippen LogP contribution >= 0.6 is 12.2 Å². The lowest BCUT2D eigenvalue weighted by Crippen LogP contribution is -2.32. The molecule has 1 aromatic heterocycles. The summed E-state index contributed by atoms with van der Waals surface area (Å²) in [4.78, 5) is 0. The minimum absolute atomic E-state index is 0.147. The highest BCUT2D eigenvalue weighted by atomic mass is 32.1. The van der Waals surface area contributed by atoms with Gasteiger partial charge in [-0.05, 0) is 6.42 Å². The van der Waals surface area contributed by atoms with Crippen molar-refractivity contribution >= 4 is 17.3 Å². The van der Waals surface area contributed by atoms with E-state index in [9.17, 15) is 5.11 Å². The number of rotatable bonds is 4. The van der Waals surface area contributed by atoms with Gasteiger partial charge < -0.3 is 5.11 Å². The van der Waals surface area contributed by atoms with Gasteiger partial charge in [0.2, 0.25) is 0 Å². The fourth-order valence-electron chi connectivity index (χ4n) is 0.989. The van der Waals surface area contributed by atoms with Crippen LogP contribution in [0.4, 0.5) is 0 Å². The summed E-state index contributed by atoms with van der Waals surface area (Å²) in [5.74, 6) is 0. The molecular formula is C9H11NOS. The maximum Gasteiger partial charge on any atom is 0.168 e. The van der Waals surface area contributed by atoms with E-state index >= 15 is 0 Å². The van der Waals surface area contributed by atoms with Gasteiger partial charge in [0.05, 0.1) is 0 Å². The molecule has 0 atom stereocenters. The van der Waals surface area contributed by atoms with Gasteiger partial charge in [-0.1, -0.05) is 11.1 Å². The number of nitrogens with zero attached hydrogens (tertiary/aromatic N) is 1. The molecule has 1 aromatic rings. The maximum atomic E-state index is 10.4. The van der Waals surface area contributed by atoms with E-state index in [0.717, 1.165) is 13.0 Å². The van der Waals surface area contributed by atoms with Gasteiger partial charge in [0.15, 0.2) is 12.4 Å².